The van der Waals surface area contributed by atoms with E-state index in [0.29, 0.717) is 6.42 Å². The van der Waals surface area contributed by atoms with Gasteiger partial charge in [0.25, 0.3) is 0 Å². The topological polar surface area (TPSA) is 67.4 Å². The lowest BCUT2D eigenvalue weighted by Gasteiger charge is -2.44. The van der Waals surface area contributed by atoms with Crippen LogP contribution in [0.15, 0.2) is 30.3 Å². The van der Waals surface area contributed by atoms with Crippen LogP contribution < -0.4 is 10.6 Å². The highest BCUT2D eigenvalue weighted by atomic mass is 16.5. The molecule has 0 saturated carbocycles. The van der Waals surface area contributed by atoms with Crippen molar-refractivity contribution in [2.45, 2.75) is 57.8 Å². The molecule has 0 bridgehead atoms. The van der Waals surface area contributed by atoms with Crippen LogP contribution in [-0.2, 0) is 16.1 Å². The van der Waals surface area contributed by atoms with E-state index in [-0.39, 0.29) is 17.9 Å². The number of Topliss-reactive ketones (excluding diaryl/α,β-unsaturated/α-hetero) is 1. The number of hydrogen-bond donors (Lipinski definition) is 2. The van der Waals surface area contributed by atoms with E-state index in [0.717, 1.165) is 5.56 Å². The van der Waals surface area contributed by atoms with E-state index >= 15 is 0 Å². The van der Waals surface area contributed by atoms with Crippen molar-refractivity contribution < 1.29 is 14.3 Å². The molecule has 1 aromatic rings. The van der Waals surface area contributed by atoms with Crippen LogP contribution in [0.5, 0.6) is 0 Å². The molecule has 1 aliphatic heterocycles. The molecule has 0 aromatic heterocycles. The van der Waals surface area contributed by atoms with Gasteiger partial charge in [-0.1, -0.05) is 30.3 Å². The number of ether oxygens (including phenoxy) is 1. The maximum absolute atomic E-state index is 12.4. The Balaban J connectivity index is 1.94. The summed E-state index contributed by atoms with van der Waals surface area (Å²) in [5.74, 6) is -0.0245. The van der Waals surface area contributed by atoms with E-state index in [4.69, 9.17) is 4.74 Å². The Kier molecular flexibility index (Phi) is 4.56. The van der Waals surface area contributed by atoms with Crippen LogP contribution in [0.2, 0.25) is 0 Å². The number of piperidine rings is 1. The number of amides is 1. The van der Waals surface area contributed by atoms with Gasteiger partial charge in [0, 0.05) is 5.54 Å². The zero-order valence-electron chi connectivity index (χ0n) is 13.6. The number of nitrogens with one attached hydrogen (secondary N) is 2. The molecule has 5 nitrogen and oxygen atoms in total. The highest BCUT2D eigenvalue weighted by Gasteiger charge is 2.45. The van der Waals surface area contributed by atoms with Crippen molar-refractivity contribution in [1.82, 2.24) is 10.6 Å². The summed E-state index contributed by atoms with van der Waals surface area (Å²) >= 11 is 0. The highest BCUT2D eigenvalue weighted by Crippen LogP contribution is 2.26. The third-order valence-corrected chi connectivity index (χ3v) is 3.80. The van der Waals surface area contributed by atoms with Gasteiger partial charge >= 0.3 is 6.09 Å². The van der Waals surface area contributed by atoms with E-state index in [9.17, 15) is 9.59 Å². The Morgan fingerprint density at radius 1 is 1.27 bits per heavy atom. The number of alkyl carbamates (subject to hydrolysis) is 1. The monoisotopic (exact) mass is 304 g/mol. The SMILES string of the molecule is CC1(C)CC(NC(=O)OCc2ccccc2)C(=O)C(C)(C)N1. The predicted molar refractivity (Wildman–Crippen MR) is 84.5 cm³/mol. The van der Waals surface area contributed by atoms with Gasteiger partial charge in [0.15, 0.2) is 5.78 Å². The van der Waals surface area contributed by atoms with Crippen molar-refractivity contribution >= 4 is 11.9 Å². The van der Waals surface area contributed by atoms with Gasteiger partial charge in [-0.15, -0.1) is 0 Å². The van der Waals surface area contributed by atoms with Crippen LogP contribution >= 0.6 is 0 Å². The molecule has 1 atom stereocenters. The van der Waals surface area contributed by atoms with Gasteiger partial charge < -0.3 is 15.4 Å². The first-order chi connectivity index (χ1) is 10.2. The van der Waals surface area contributed by atoms with Gasteiger partial charge in [-0.05, 0) is 39.7 Å². The minimum Gasteiger partial charge on any atom is -0.445 e. The molecule has 0 spiro atoms. The molecule has 1 aliphatic rings. The molecular formula is C17H24N2O3. The second-order valence-corrected chi connectivity index (χ2v) is 6.96. The van der Waals surface area contributed by atoms with E-state index < -0.39 is 17.7 Å². The van der Waals surface area contributed by atoms with E-state index in [1.165, 1.54) is 0 Å². The fourth-order valence-electron chi connectivity index (χ4n) is 3.02. The minimum atomic E-state index is -0.668. The fourth-order valence-corrected chi connectivity index (χ4v) is 3.02. The molecule has 1 unspecified atom stereocenters. The van der Waals surface area contributed by atoms with Gasteiger partial charge in [-0.25, -0.2) is 4.79 Å². The fraction of sp³-hybridized carbons (Fsp3) is 0.529. The molecule has 1 aromatic carbocycles. The number of carbonyl (C=O) groups excluding carboxylic acids is 2. The third kappa shape index (κ3) is 4.07. The maximum Gasteiger partial charge on any atom is 0.408 e. The number of carbonyl (C=O) groups is 2. The van der Waals surface area contributed by atoms with Crippen molar-refractivity contribution in [2.75, 3.05) is 0 Å². The molecule has 0 aliphatic carbocycles. The lowest BCUT2D eigenvalue weighted by molar-refractivity contribution is -0.130. The Labute approximate surface area is 131 Å². The lowest BCUT2D eigenvalue weighted by Crippen LogP contribution is -2.68. The molecular weight excluding hydrogens is 280 g/mol. The lowest BCUT2D eigenvalue weighted by atomic mass is 9.78. The van der Waals surface area contributed by atoms with Crippen LogP contribution in [0, 0.1) is 0 Å². The van der Waals surface area contributed by atoms with Crippen LogP contribution in [0.3, 0.4) is 0 Å². The predicted octanol–water partition coefficient (Wildman–Crippen LogP) is 2.40. The smallest absolute Gasteiger partial charge is 0.408 e. The molecule has 120 valence electrons. The summed E-state index contributed by atoms with van der Waals surface area (Å²) in [6.45, 7) is 7.90. The van der Waals surface area contributed by atoms with E-state index in [2.05, 4.69) is 10.6 Å². The van der Waals surface area contributed by atoms with E-state index in [1.807, 2.05) is 58.0 Å². The standard InChI is InChI=1S/C17H24N2O3/c1-16(2)10-13(14(20)17(3,4)19-16)18-15(21)22-11-12-8-6-5-7-9-12/h5-9,13,19H,10-11H2,1-4H3,(H,18,21). The van der Waals surface area contributed by atoms with Gasteiger partial charge in [0.2, 0.25) is 0 Å². The summed E-state index contributed by atoms with van der Waals surface area (Å²) in [4.78, 5) is 24.4. The normalized spacial score (nSPS) is 22.9. The Morgan fingerprint density at radius 3 is 2.55 bits per heavy atom. The van der Waals surface area contributed by atoms with Crippen molar-refractivity contribution in [1.29, 1.82) is 0 Å². The van der Waals surface area contributed by atoms with Gasteiger partial charge in [0.05, 0.1) is 11.6 Å². The molecule has 0 radical (unpaired) electrons. The first kappa shape index (κ1) is 16.5. The number of benzene rings is 1. The quantitative estimate of drug-likeness (QED) is 0.900. The average molecular weight is 304 g/mol. The van der Waals surface area contributed by atoms with Crippen molar-refractivity contribution in [3.8, 4) is 0 Å². The van der Waals surface area contributed by atoms with Crippen molar-refractivity contribution in [2.24, 2.45) is 0 Å². The van der Waals surface area contributed by atoms with E-state index in [1.54, 1.807) is 0 Å². The van der Waals surface area contributed by atoms with Crippen LogP contribution in [0.25, 0.3) is 0 Å². The zero-order chi connectivity index (χ0) is 16.4. The second-order valence-electron chi connectivity index (χ2n) is 6.96. The van der Waals surface area contributed by atoms with Crippen molar-refractivity contribution in [3.63, 3.8) is 0 Å². The Bertz CT molecular complexity index is 552. The van der Waals surface area contributed by atoms with Gasteiger partial charge in [-0.3, -0.25) is 4.79 Å². The molecule has 1 heterocycles. The second kappa shape index (κ2) is 6.08. The largest absolute Gasteiger partial charge is 0.445 e. The Morgan fingerprint density at radius 2 is 1.91 bits per heavy atom. The molecule has 1 saturated heterocycles. The molecule has 5 heteroatoms. The molecule has 2 rings (SSSR count). The van der Waals surface area contributed by atoms with Gasteiger partial charge in [-0.2, -0.15) is 0 Å². The van der Waals surface area contributed by atoms with Crippen LogP contribution in [0.4, 0.5) is 4.79 Å². The summed E-state index contributed by atoms with van der Waals surface area (Å²) in [7, 11) is 0. The summed E-state index contributed by atoms with van der Waals surface area (Å²) in [6.07, 6.45) is -0.0221. The van der Waals surface area contributed by atoms with Crippen LogP contribution in [-0.4, -0.2) is 29.0 Å². The molecule has 2 N–H and O–H groups in total. The minimum absolute atomic E-state index is 0.0245. The number of rotatable bonds is 3. The first-order valence-electron chi connectivity index (χ1n) is 7.50. The maximum atomic E-state index is 12.4. The summed E-state index contributed by atoms with van der Waals surface area (Å²) < 4.78 is 5.19. The summed E-state index contributed by atoms with van der Waals surface area (Å²) in [5, 5.41) is 6.00. The number of hydrogen-bond acceptors (Lipinski definition) is 4. The number of ketones is 1. The first-order valence-corrected chi connectivity index (χ1v) is 7.50. The third-order valence-electron chi connectivity index (χ3n) is 3.80. The summed E-state index contributed by atoms with van der Waals surface area (Å²) in [5.41, 5.74) is 0.0171. The molecule has 22 heavy (non-hydrogen) atoms. The Hall–Kier alpha value is -1.88. The average Bonchev–Trinajstić information content (AvgIpc) is 2.42. The zero-order valence-corrected chi connectivity index (χ0v) is 13.6. The molecule has 1 fully saturated rings. The van der Waals surface area contributed by atoms with Crippen molar-refractivity contribution in [3.05, 3.63) is 35.9 Å². The van der Waals surface area contributed by atoms with Gasteiger partial charge in [0.1, 0.15) is 6.61 Å². The van der Waals surface area contributed by atoms with Crippen LogP contribution in [0.1, 0.15) is 39.7 Å². The molecule has 1 amide bonds. The highest BCUT2D eigenvalue weighted by molar-refractivity contribution is 5.95. The summed E-state index contributed by atoms with van der Waals surface area (Å²) in [6, 6.07) is 8.91.